The van der Waals surface area contributed by atoms with Gasteiger partial charge in [0.1, 0.15) is 36.1 Å². The molecule has 8 aliphatic rings. The average molecular weight is 955 g/mol. The monoisotopic (exact) mass is 955 g/mol. The Labute approximate surface area is 394 Å². The van der Waals surface area contributed by atoms with Crippen LogP contribution in [-0.4, -0.2) is 173 Å². The summed E-state index contributed by atoms with van der Waals surface area (Å²) in [4.78, 5) is 25.5. The van der Waals surface area contributed by atoms with E-state index in [9.17, 15) is 35.1 Å². The van der Waals surface area contributed by atoms with Gasteiger partial charge in [-0.2, -0.15) is 0 Å². The van der Waals surface area contributed by atoms with Gasteiger partial charge < -0.3 is 77.6 Å². The van der Waals surface area contributed by atoms with Gasteiger partial charge in [-0.1, -0.05) is 25.5 Å². The molecule has 0 aromatic carbocycles. The van der Waals surface area contributed by atoms with Crippen LogP contribution in [0, 0.1) is 22.7 Å². The Bertz CT molecular complexity index is 1780. The number of fused-ring (bicyclic) bond motifs is 5. The van der Waals surface area contributed by atoms with Crippen molar-refractivity contribution in [2.45, 2.75) is 248 Å². The second kappa shape index (κ2) is 19.7. The van der Waals surface area contributed by atoms with Crippen molar-refractivity contribution in [1.29, 1.82) is 0 Å². The molecule has 0 aromatic heterocycles. The maximum Gasteiger partial charge on any atom is 0.302 e. The number of aliphatic hydroxyl groups excluding tert-OH is 3. The van der Waals surface area contributed by atoms with Gasteiger partial charge >= 0.3 is 5.97 Å². The zero-order chi connectivity index (χ0) is 48.5. The average Bonchev–Trinajstić information content (AvgIpc) is 3.49. The molecule has 4 saturated heterocycles. The van der Waals surface area contributed by atoms with E-state index >= 15 is 0 Å². The minimum atomic E-state index is -1.81. The standard InChI is InChI=1S/C49H78O18/c1-23-42(54)35(57-9)21-41(59-23)66-44-25(3)60-38(19-33(44)52)65-43-24(2)61-39(20-34(43)53)67-45-26(4)62-40(22-36(45)58-10)64-30-13-14-46(7)29(17-30)11-12-31-32(46)18-37(63-28(6)51)47(8)48(55,27(5)50)15-16-49(31,47)56/h11,23-26,30-45,52-56H,12-22H2,1-10H3/t23-,24-,25-,26-,30+,31-,32+,33-,34-,35-,36-,37-,38+,39+,40+,41+,42-,43-,44-,45-,46+,47-,48-,49+/m1/s1. The van der Waals surface area contributed by atoms with Crippen LogP contribution in [0.15, 0.2) is 11.6 Å². The Morgan fingerprint density at radius 3 is 1.73 bits per heavy atom. The zero-order valence-corrected chi connectivity index (χ0v) is 40.9. The Morgan fingerprint density at radius 2 is 1.18 bits per heavy atom. The summed E-state index contributed by atoms with van der Waals surface area (Å²) in [6, 6.07) is 0. The number of Topliss-reactive ketones (excluding diaryl/α,β-unsaturated/α-hetero) is 1. The van der Waals surface area contributed by atoms with Crippen LogP contribution in [0.2, 0.25) is 0 Å². The van der Waals surface area contributed by atoms with Crippen LogP contribution in [0.25, 0.3) is 0 Å². The van der Waals surface area contributed by atoms with Crippen molar-refractivity contribution >= 4 is 11.8 Å². The lowest BCUT2D eigenvalue weighted by Crippen LogP contribution is -2.71. The van der Waals surface area contributed by atoms with Gasteiger partial charge in [-0.25, -0.2) is 0 Å². The van der Waals surface area contributed by atoms with Gasteiger partial charge in [0.25, 0.3) is 0 Å². The molecule has 382 valence electrons. The summed E-state index contributed by atoms with van der Waals surface area (Å²) in [5, 5.41) is 57.3. The van der Waals surface area contributed by atoms with E-state index in [1.165, 1.54) is 26.5 Å². The highest BCUT2D eigenvalue weighted by molar-refractivity contribution is 5.87. The predicted octanol–water partition coefficient (Wildman–Crippen LogP) is 3.12. The molecule has 4 aliphatic carbocycles. The Hall–Kier alpha value is -1.72. The minimum Gasteiger partial charge on any atom is -0.462 e. The van der Waals surface area contributed by atoms with Gasteiger partial charge in [0.05, 0.1) is 66.0 Å². The van der Waals surface area contributed by atoms with Crippen LogP contribution < -0.4 is 0 Å². The number of methoxy groups -OCH3 is 2. The smallest absolute Gasteiger partial charge is 0.302 e. The molecule has 8 rings (SSSR count). The number of aliphatic hydroxyl groups is 5. The van der Waals surface area contributed by atoms with Crippen LogP contribution in [0.5, 0.6) is 0 Å². The van der Waals surface area contributed by atoms with Crippen molar-refractivity contribution in [3.05, 3.63) is 11.6 Å². The second-order valence-corrected chi connectivity index (χ2v) is 21.5. The van der Waals surface area contributed by atoms with Crippen LogP contribution in [0.3, 0.4) is 0 Å². The molecular formula is C49H78O18. The number of carbonyl (C=O) groups excluding carboxylic acids is 2. The molecule has 0 amide bonds. The van der Waals surface area contributed by atoms with Crippen LogP contribution in [0.1, 0.15) is 126 Å². The van der Waals surface area contributed by atoms with Crippen molar-refractivity contribution in [2.24, 2.45) is 22.7 Å². The van der Waals surface area contributed by atoms with Crippen molar-refractivity contribution in [3.8, 4) is 0 Å². The molecule has 0 unspecified atom stereocenters. The highest BCUT2D eigenvalue weighted by atomic mass is 16.8. The third kappa shape index (κ3) is 9.24. The SMILES string of the molecule is CO[C@@H]1C[C@H](O[C@H]2[C@H](O)C[C@H](O[C@H]3[C@H](O)C[C@H](O[C@@H]4[C@@H](C)O[C@@H](O[C@H]5CC[C@@]6(C)C(=CC[C@@H]7[C@@H]6C[C@@H](OC(C)=O)[C@]6(C)[C@](O)(C(C)=O)CC[C@]76O)C5)C[C@H]4OC)O[C@@H]3C)O[C@@H]2C)O[C@H](C)[C@H]1O. The number of esters is 1. The highest BCUT2D eigenvalue weighted by Gasteiger charge is 2.76. The topological polar surface area (TPSA) is 237 Å². The van der Waals surface area contributed by atoms with Gasteiger partial charge in [0.15, 0.2) is 30.9 Å². The highest BCUT2D eigenvalue weighted by Crippen LogP contribution is 2.69. The van der Waals surface area contributed by atoms with Crippen molar-refractivity contribution in [1.82, 2.24) is 0 Å². The summed E-state index contributed by atoms with van der Waals surface area (Å²) >= 11 is 0. The molecule has 18 nitrogen and oxygen atoms in total. The molecule has 4 heterocycles. The molecule has 0 spiro atoms. The van der Waals surface area contributed by atoms with E-state index in [0.29, 0.717) is 32.1 Å². The summed E-state index contributed by atoms with van der Waals surface area (Å²) in [6.45, 7) is 13.9. The Kier molecular flexibility index (Phi) is 15.2. The maximum atomic E-state index is 13.0. The summed E-state index contributed by atoms with van der Waals surface area (Å²) in [6.07, 6.45) is -4.92. The van der Waals surface area contributed by atoms with Crippen molar-refractivity contribution in [3.63, 3.8) is 0 Å². The molecule has 3 saturated carbocycles. The molecule has 5 N–H and O–H groups in total. The fraction of sp³-hybridized carbons (Fsp3) is 0.918. The van der Waals surface area contributed by atoms with E-state index in [2.05, 4.69) is 13.0 Å². The Balaban J connectivity index is 0.836. The lowest BCUT2D eigenvalue weighted by molar-refractivity contribution is -0.345. The summed E-state index contributed by atoms with van der Waals surface area (Å²) < 4.78 is 67.6. The van der Waals surface area contributed by atoms with E-state index < -0.39 is 133 Å². The van der Waals surface area contributed by atoms with Gasteiger partial charge in [0.2, 0.25) is 0 Å². The third-order valence-corrected chi connectivity index (χ3v) is 17.8. The summed E-state index contributed by atoms with van der Waals surface area (Å²) in [5.41, 5.74) is -3.65. The number of hydrogen-bond donors (Lipinski definition) is 5. The van der Waals surface area contributed by atoms with Crippen LogP contribution in [0.4, 0.5) is 0 Å². The quantitative estimate of drug-likeness (QED) is 0.140. The number of hydrogen-bond acceptors (Lipinski definition) is 18. The fourth-order valence-corrected chi connectivity index (χ4v) is 13.8. The lowest BCUT2D eigenvalue weighted by atomic mass is 9.44. The van der Waals surface area contributed by atoms with E-state index in [1.54, 1.807) is 34.8 Å². The molecular weight excluding hydrogens is 877 g/mol. The first-order chi connectivity index (χ1) is 31.6. The molecule has 67 heavy (non-hydrogen) atoms. The van der Waals surface area contributed by atoms with E-state index in [0.717, 1.165) is 12.8 Å². The van der Waals surface area contributed by atoms with Gasteiger partial charge in [-0.3, -0.25) is 9.59 Å². The van der Waals surface area contributed by atoms with Gasteiger partial charge in [-0.15, -0.1) is 0 Å². The summed E-state index contributed by atoms with van der Waals surface area (Å²) in [5.74, 6) is -1.20. The molecule has 0 radical (unpaired) electrons. The lowest BCUT2D eigenvalue weighted by Gasteiger charge is -2.63. The van der Waals surface area contributed by atoms with Gasteiger partial charge in [-0.05, 0) is 96.8 Å². The molecule has 4 aliphatic heterocycles. The van der Waals surface area contributed by atoms with Crippen LogP contribution >= 0.6 is 0 Å². The molecule has 0 bridgehead atoms. The maximum absolute atomic E-state index is 13.0. The number of carbonyl (C=O) groups is 2. The number of ketones is 1. The van der Waals surface area contributed by atoms with E-state index in [4.69, 9.17) is 52.1 Å². The van der Waals surface area contributed by atoms with Gasteiger partial charge in [0, 0.05) is 46.8 Å². The largest absolute Gasteiger partial charge is 0.462 e. The summed E-state index contributed by atoms with van der Waals surface area (Å²) in [7, 11) is 3.15. The molecule has 24 atom stereocenters. The predicted molar refractivity (Wildman–Crippen MR) is 235 cm³/mol. The van der Waals surface area contributed by atoms with E-state index in [1.807, 2.05) is 6.92 Å². The molecule has 7 fully saturated rings. The van der Waals surface area contributed by atoms with Crippen LogP contribution in [-0.2, 0) is 61.7 Å². The first-order valence-electron chi connectivity index (χ1n) is 24.7. The molecule has 0 aromatic rings. The Morgan fingerprint density at radius 1 is 0.657 bits per heavy atom. The normalized spacial score (nSPS) is 52.3. The van der Waals surface area contributed by atoms with E-state index in [-0.39, 0.29) is 49.0 Å². The van der Waals surface area contributed by atoms with Crippen molar-refractivity contribution in [2.75, 3.05) is 14.2 Å². The zero-order valence-electron chi connectivity index (χ0n) is 40.9. The van der Waals surface area contributed by atoms with Crippen molar-refractivity contribution < 1.29 is 87.2 Å². The number of rotatable bonds is 12. The fourth-order valence-electron chi connectivity index (χ4n) is 13.8. The number of ether oxygens (including phenoxy) is 11. The first kappa shape index (κ1) is 51.6. The third-order valence-electron chi connectivity index (χ3n) is 17.8. The first-order valence-corrected chi connectivity index (χ1v) is 24.7. The number of allylic oxidation sites excluding steroid dienone is 1. The minimum absolute atomic E-state index is 0.0452. The molecule has 18 heteroatoms. The second-order valence-electron chi connectivity index (χ2n) is 21.5.